The van der Waals surface area contributed by atoms with E-state index in [0.717, 1.165) is 17.5 Å². The van der Waals surface area contributed by atoms with Crippen molar-refractivity contribution >= 4 is 18.3 Å². The van der Waals surface area contributed by atoms with E-state index in [4.69, 9.17) is 15.2 Å². The van der Waals surface area contributed by atoms with Crippen molar-refractivity contribution in [1.29, 1.82) is 0 Å². The summed E-state index contributed by atoms with van der Waals surface area (Å²) in [7, 11) is 1.61. The van der Waals surface area contributed by atoms with Crippen LogP contribution in [-0.2, 0) is 11.4 Å². The number of benzene rings is 2. The Hall–Kier alpha value is -2.24. The molecule has 0 fully saturated rings. The first-order valence-electron chi connectivity index (χ1n) is 9.36. The molecule has 0 saturated carbocycles. The van der Waals surface area contributed by atoms with Gasteiger partial charge in [0.15, 0.2) is 11.5 Å². The Balaban J connectivity index is 0.00000392. The van der Waals surface area contributed by atoms with Crippen LogP contribution in [0.4, 0.5) is 0 Å². The number of hydrogen-bond donors (Lipinski definition) is 2. The van der Waals surface area contributed by atoms with Gasteiger partial charge in [-0.15, -0.1) is 12.4 Å². The molecule has 3 N–H and O–H groups in total. The van der Waals surface area contributed by atoms with Gasteiger partial charge in [-0.05, 0) is 36.1 Å². The second-order valence-corrected chi connectivity index (χ2v) is 6.83. The van der Waals surface area contributed by atoms with Crippen LogP contribution in [0.2, 0.25) is 0 Å². The van der Waals surface area contributed by atoms with Crippen LogP contribution in [0, 0.1) is 5.92 Å². The lowest BCUT2D eigenvalue weighted by Gasteiger charge is -2.22. The van der Waals surface area contributed by atoms with Crippen molar-refractivity contribution in [2.75, 3.05) is 7.11 Å². The highest BCUT2D eigenvalue weighted by Crippen LogP contribution is 2.31. The predicted octanol–water partition coefficient (Wildman–Crippen LogP) is 4.25. The summed E-state index contributed by atoms with van der Waals surface area (Å²) in [5.74, 6) is 1.30. The zero-order valence-corrected chi connectivity index (χ0v) is 17.8. The summed E-state index contributed by atoms with van der Waals surface area (Å²) in [6.45, 7) is 6.41. The molecule has 0 saturated heterocycles. The highest BCUT2D eigenvalue weighted by molar-refractivity contribution is 5.85. The monoisotopic (exact) mass is 406 g/mol. The minimum Gasteiger partial charge on any atom is -0.493 e. The summed E-state index contributed by atoms with van der Waals surface area (Å²) in [4.78, 5) is 12.3. The van der Waals surface area contributed by atoms with Crippen molar-refractivity contribution in [3.63, 3.8) is 0 Å². The maximum absolute atomic E-state index is 12.3. The third-order valence-electron chi connectivity index (χ3n) is 4.84. The molecule has 1 amide bonds. The van der Waals surface area contributed by atoms with E-state index in [2.05, 4.69) is 5.32 Å². The second kappa shape index (κ2) is 11.6. The molecule has 2 rings (SSSR count). The van der Waals surface area contributed by atoms with E-state index >= 15 is 0 Å². The number of hydrogen-bond acceptors (Lipinski definition) is 4. The van der Waals surface area contributed by atoms with Crippen molar-refractivity contribution in [2.45, 2.75) is 45.9 Å². The van der Waals surface area contributed by atoms with Gasteiger partial charge in [-0.25, -0.2) is 0 Å². The number of ether oxygens (including phenoxy) is 2. The molecule has 5 nitrogen and oxygen atoms in total. The third-order valence-corrected chi connectivity index (χ3v) is 4.84. The van der Waals surface area contributed by atoms with Gasteiger partial charge in [0.1, 0.15) is 6.61 Å². The van der Waals surface area contributed by atoms with Crippen molar-refractivity contribution in [1.82, 2.24) is 5.32 Å². The normalized spacial score (nSPS) is 13.6. The highest BCUT2D eigenvalue weighted by Gasteiger charge is 2.21. The SMILES string of the molecule is CCC(C)C(N)C(=O)NC(C)c1ccc(OCc2ccccc2)c(OC)c1.Cl. The molecule has 0 heterocycles. The van der Waals surface area contributed by atoms with E-state index in [1.165, 1.54) is 0 Å². The number of amides is 1. The third kappa shape index (κ3) is 6.43. The first-order chi connectivity index (χ1) is 13.0. The van der Waals surface area contributed by atoms with E-state index < -0.39 is 6.04 Å². The number of nitrogens with two attached hydrogens (primary N) is 1. The number of halogens is 1. The fourth-order valence-electron chi connectivity index (χ4n) is 2.71. The summed E-state index contributed by atoms with van der Waals surface area (Å²) >= 11 is 0. The Morgan fingerprint density at radius 3 is 2.39 bits per heavy atom. The molecule has 2 aromatic rings. The average Bonchev–Trinajstić information content (AvgIpc) is 2.71. The average molecular weight is 407 g/mol. The molecule has 0 bridgehead atoms. The van der Waals surface area contributed by atoms with Crippen LogP contribution in [0.5, 0.6) is 11.5 Å². The van der Waals surface area contributed by atoms with Crippen LogP contribution < -0.4 is 20.5 Å². The van der Waals surface area contributed by atoms with E-state index in [-0.39, 0.29) is 30.3 Å². The number of carbonyl (C=O) groups excluding carboxylic acids is 1. The Kier molecular flexibility index (Phi) is 9.83. The highest BCUT2D eigenvalue weighted by atomic mass is 35.5. The van der Waals surface area contributed by atoms with Crippen LogP contribution in [0.3, 0.4) is 0 Å². The number of carbonyl (C=O) groups is 1. The largest absolute Gasteiger partial charge is 0.493 e. The molecule has 0 radical (unpaired) electrons. The van der Waals surface area contributed by atoms with Gasteiger partial charge in [0.2, 0.25) is 5.91 Å². The zero-order valence-electron chi connectivity index (χ0n) is 17.0. The zero-order chi connectivity index (χ0) is 19.8. The van der Waals surface area contributed by atoms with Crippen molar-refractivity contribution in [2.24, 2.45) is 11.7 Å². The molecule has 2 aromatic carbocycles. The fraction of sp³-hybridized carbons (Fsp3) is 0.409. The standard InChI is InChI=1S/C22H30N2O3.ClH/c1-5-15(2)21(23)22(25)24-16(3)18-11-12-19(20(13-18)26-4)27-14-17-9-7-6-8-10-17;/h6-13,15-16,21H,5,14,23H2,1-4H3,(H,24,25);1H. The minimum atomic E-state index is -0.507. The van der Waals surface area contributed by atoms with Crippen molar-refractivity contribution in [3.8, 4) is 11.5 Å². The van der Waals surface area contributed by atoms with E-state index in [1.54, 1.807) is 7.11 Å². The lowest BCUT2D eigenvalue weighted by atomic mass is 9.98. The molecule has 28 heavy (non-hydrogen) atoms. The van der Waals surface area contributed by atoms with Gasteiger partial charge in [-0.3, -0.25) is 4.79 Å². The topological polar surface area (TPSA) is 73.6 Å². The van der Waals surface area contributed by atoms with E-state index in [0.29, 0.717) is 18.1 Å². The van der Waals surface area contributed by atoms with Gasteiger partial charge in [0.25, 0.3) is 0 Å². The minimum absolute atomic E-state index is 0. The maximum Gasteiger partial charge on any atom is 0.237 e. The Morgan fingerprint density at radius 2 is 1.79 bits per heavy atom. The van der Waals surface area contributed by atoms with E-state index in [1.807, 2.05) is 69.3 Å². The van der Waals surface area contributed by atoms with Crippen LogP contribution in [0.15, 0.2) is 48.5 Å². The predicted molar refractivity (Wildman–Crippen MR) is 115 cm³/mol. The first-order valence-corrected chi connectivity index (χ1v) is 9.36. The van der Waals surface area contributed by atoms with Gasteiger partial charge in [-0.1, -0.05) is 56.7 Å². The summed E-state index contributed by atoms with van der Waals surface area (Å²) in [5.41, 5.74) is 8.04. The van der Waals surface area contributed by atoms with Gasteiger partial charge >= 0.3 is 0 Å². The summed E-state index contributed by atoms with van der Waals surface area (Å²) in [5, 5.41) is 2.98. The molecule has 3 unspecified atom stereocenters. The van der Waals surface area contributed by atoms with Crippen LogP contribution in [0.1, 0.15) is 44.4 Å². The Labute approximate surface area is 174 Å². The van der Waals surface area contributed by atoms with Crippen LogP contribution in [0.25, 0.3) is 0 Å². The van der Waals surface area contributed by atoms with Gasteiger partial charge in [-0.2, -0.15) is 0 Å². The second-order valence-electron chi connectivity index (χ2n) is 6.83. The maximum atomic E-state index is 12.3. The first kappa shape index (κ1) is 23.8. The van der Waals surface area contributed by atoms with Crippen molar-refractivity contribution < 1.29 is 14.3 Å². The van der Waals surface area contributed by atoms with Gasteiger partial charge in [0, 0.05) is 0 Å². The van der Waals surface area contributed by atoms with Crippen molar-refractivity contribution in [3.05, 3.63) is 59.7 Å². The molecular formula is C22H31ClN2O3. The fourth-order valence-corrected chi connectivity index (χ4v) is 2.71. The molecule has 0 aromatic heterocycles. The molecular weight excluding hydrogens is 376 g/mol. The molecule has 0 aliphatic heterocycles. The summed E-state index contributed by atoms with van der Waals surface area (Å²) in [6.07, 6.45) is 0.865. The molecule has 0 spiro atoms. The molecule has 154 valence electrons. The molecule has 0 aliphatic carbocycles. The smallest absolute Gasteiger partial charge is 0.237 e. The molecule has 6 heteroatoms. The van der Waals surface area contributed by atoms with E-state index in [9.17, 15) is 4.79 Å². The molecule has 0 aliphatic rings. The van der Waals surface area contributed by atoms with Crippen LogP contribution in [-0.4, -0.2) is 19.1 Å². The van der Waals surface area contributed by atoms with Crippen LogP contribution >= 0.6 is 12.4 Å². The quantitative estimate of drug-likeness (QED) is 0.653. The number of methoxy groups -OCH3 is 1. The lowest BCUT2D eigenvalue weighted by Crippen LogP contribution is -2.45. The summed E-state index contributed by atoms with van der Waals surface area (Å²) in [6, 6.07) is 15.0. The number of rotatable bonds is 9. The van der Waals surface area contributed by atoms with Gasteiger partial charge < -0.3 is 20.5 Å². The van der Waals surface area contributed by atoms with Gasteiger partial charge in [0.05, 0.1) is 19.2 Å². The Bertz CT molecular complexity index is 740. The number of nitrogens with one attached hydrogen (secondary N) is 1. The molecule has 3 atom stereocenters. The lowest BCUT2D eigenvalue weighted by molar-refractivity contribution is -0.124. The summed E-state index contributed by atoms with van der Waals surface area (Å²) < 4.78 is 11.4. The Morgan fingerprint density at radius 1 is 1.11 bits per heavy atom.